The Morgan fingerprint density at radius 2 is 1.64 bits per heavy atom. The van der Waals surface area contributed by atoms with Gasteiger partial charge in [-0.3, -0.25) is 0 Å². The molecule has 3 nitrogen and oxygen atoms in total. The molecule has 0 amide bonds. The van der Waals surface area contributed by atoms with Crippen LogP contribution in [0.25, 0.3) is 11.1 Å². The Bertz CT molecular complexity index is 765. The van der Waals surface area contributed by atoms with Crippen molar-refractivity contribution in [3.05, 3.63) is 33.5 Å². The van der Waals surface area contributed by atoms with Crippen molar-refractivity contribution >= 4 is 4.08 Å². The molecule has 0 saturated carbocycles. The molecular formula is C17H19N2OWY-. The second-order valence-corrected chi connectivity index (χ2v) is 7.84. The van der Waals surface area contributed by atoms with Gasteiger partial charge in [0, 0.05) is 32.7 Å². The van der Waals surface area contributed by atoms with Crippen molar-refractivity contribution in [3.63, 3.8) is 0 Å². The minimum Gasteiger partial charge on any atom is 0 e. The fourth-order valence-corrected chi connectivity index (χ4v) is 3.53. The summed E-state index contributed by atoms with van der Waals surface area (Å²) >= 11 is 1.32. The van der Waals surface area contributed by atoms with Crippen molar-refractivity contribution in [2.75, 3.05) is 0 Å². The van der Waals surface area contributed by atoms with Gasteiger partial charge in [-0.15, -0.1) is 0 Å². The normalized spacial score (nSPS) is 12.2. The minimum absolute atomic E-state index is 0. The SMILES string of the molecule is C[C](=[W])Oc1[n-]nc2c1-c1c(C)c(C)c(C)c(C)c1CC2.[Y]. The van der Waals surface area contributed by atoms with Gasteiger partial charge in [0.1, 0.15) is 0 Å². The summed E-state index contributed by atoms with van der Waals surface area (Å²) in [6.45, 7) is 10.9. The van der Waals surface area contributed by atoms with Crippen LogP contribution < -0.4 is 9.84 Å². The fraction of sp³-hybridized carbons (Fsp3) is 0.412. The number of aryl methyl sites for hydroxylation is 1. The van der Waals surface area contributed by atoms with Gasteiger partial charge in [-0.25, -0.2) is 0 Å². The van der Waals surface area contributed by atoms with Crippen LogP contribution in [0.3, 0.4) is 0 Å². The molecule has 0 saturated heterocycles. The third-order valence-electron chi connectivity index (χ3n) is 4.68. The van der Waals surface area contributed by atoms with Gasteiger partial charge in [0.15, 0.2) is 0 Å². The first-order valence-corrected chi connectivity index (χ1v) is 8.68. The van der Waals surface area contributed by atoms with Crippen LogP contribution >= 0.6 is 0 Å². The van der Waals surface area contributed by atoms with Crippen LogP contribution in [-0.4, -0.2) is 9.18 Å². The molecule has 1 radical (unpaired) electrons. The molecule has 22 heavy (non-hydrogen) atoms. The summed E-state index contributed by atoms with van der Waals surface area (Å²) in [5.41, 5.74) is 10.5. The van der Waals surface area contributed by atoms with Crippen LogP contribution in [0.4, 0.5) is 0 Å². The Kier molecular flexibility index (Phi) is 5.63. The number of fused-ring (bicyclic) bond motifs is 3. The summed E-state index contributed by atoms with van der Waals surface area (Å²) < 4.78 is 6.83. The number of benzene rings is 1. The largest absolute Gasteiger partial charge is 0 e. The molecule has 5 heteroatoms. The Labute approximate surface area is 167 Å². The zero-order chi connectivity index (χ0) is 15.3. The zero-order valence-electron chi connectivity index (χ0n) is 13.7. The molecule has 1 aliphatic rings. The van der Waals surface area contributed by atoms with Gasteiger partial charge >= 0.3 is 136 Å². The van der Waals surface area contributed by atoms with E-state index in [2.05, 4.69) is 37.9 Å². The monoisotopic (exact) mass is 540 g/mol. The Hall–Kier alpha value is -0.108. The smallest absolute Gasteiger partial charge is 0 e. The van der Waals surface area contributed by atoms with Crippen molar-refractivity contribution in [1.82, 2.24) is 10.2 Å². The molecule has 0 unspecified atom stereocenters. The van der Waals surface area contributed by atoms with E-state index in [1.807, 2.05) is 6.92 Å². The zero-order valence-corrected chi connectivity index (χ0v) is 19.5. The Balaban J connectivity index is 0.00000176. The minimum atomic E-state index is 0. The third kappa shape index (κ3) is 2.85. The predicted octanol–water partition coefficient (Wildman–Crippen LogP) is 3.11. The van der Waals surface area contributed by atoms with Crippen LogP contribution in [0.5, 0.6) is 5.88 Å². The third-order valence-corrected chi connectivity index (χ3v) is 4.98. The molecule has 0 N–H and O–H groups in total. The van der Waals surface area contributed by atoms with Crippen LogP contribution in [0.2, 0.25) is 0 Å². The molecule has 1 aromatic heterocycles. The van der Waals surface area contributed by atoms with E-state index in [-0.39, 0.29) is 32.7 Å². The average Bonchev–Trinajstić information content (AvgIpc) is 2.84. The van der Waals surface area contributed by atoms with Crippen molar-refractivity contribution in [2.45, 2.75) is 47.5 Å². The number of hydrogen-bond acceptors (Lipinski definition) is 2. The van der Waals surface area contributed by atoms with Gasteiger partial charge in [-0.1, -0.05) is 0 Å². The van der Waals surface area contributed by atoms with Crippen molar-refractivity contribution in [3.8, 4) is 17.0 Å². The van der Waals surface area contributed by atoms with Crippen molar-refractivity contribution in [2.24, 2.45) is 0 Å². The number of aromatic nitrogens is 2. The van der Waals surface area contributed by atoms with Gasteiger partial charge in [0.2, 0.25) is 0 Å². The van der Waals surface area contributed by atoms with E-state index in [9.17, 15) is 0 Å². The first kappa shape index (κ1) is 18.2. The molecule has 0 atom stereocenters. The molecule has 0 bridgehead atoms. The maximum atomic E-state index is 5.85. The summed E-state index contributed by atoms with van der Waals surface area (Å²) in [7, 11) is 0. The van der Waals surface area contributed by atoms with Crippen LogP contribution in [0.1, 0.15) is 40.4 Å². The summed E-state index contributed by atoms with van der Waals surface area (Å²) in [5.74, 6) is 0.684. The Morgan fingerprint density at radius 1 is 1.00 bits per heavy atom. The van der Waals surface area contributed by atoms with Crippen molar-refractivity contribution in [1.29, 1.82) is 0 Å². The number of rotatable bonds is 2. The second kappa shape index (κ2) is 6.79. The number of hydrogen-bond donors (Lipinski definition) is 0. The molecule has 1 heterocycles. The molecule has 1 aliphatic carbocycles. The molecule has 0 aliphatic heterocycles. The van der Waals surface area contributed by atoms with E-state index >= 15 is 0 Å². The van der Waals surface area contributed by atoms with Gasteiger partial charge in [-0.05, 0) is 0 Å². The molecule has 0 fully saturated rings. The van der Waals surface area contributed by atoms with E-state index in [1.54, 1.807) is 0 Å². The van der Waals surface area contributed by atoms with Gasteiger partial charge in [-0.2, -0.15) is 0 Å². The molecule has 113 valence electrons. The standard InChI is InChI=1S/C17H19N2O.W.Y/c1-6-20-17-16-14(18-19-17)8-7-13-11(4)9(2)10(3)12(5)15(13)16;;/h7-8H2,1-5H3;;/q-1;;. The second-order valence-electron chi connectivity index (χ2n) is 5.77. The van der Waals surface area contributed by atoms with Crippen molar-refractivity contribution < 1.29 is 56.8 Å². The van der Waals surface area contributed by atoms with Crippen LogP contribution in [0.15, 0.2) is 0 Å². The first-order chi connectivity index (χ1) is 9.91. The summed E-state index contributed by atoms with van der Waals surface area (Å²) in [6.07, 6.45) is 2.01. The van der Waals surface area contributed by atoms with Gasteiger partial charge < -0.3 is 0 Å². The van der Waals surface area contributed by atoms with Gasteiger partial charge in [0.05, 0.1) is 0 Å². The summed E-state index contributed by atoms with van der Waals surface area (Å²) in [6, 6.07) is 0. The van der Waals surface area contributed by atoms with E-state index < -0.39 is 0 Å². The molecule has 0 spiro atoms. The maximum Gasteiger partial charge on any atom is 0 e. The van der Waals surface area contributed by atoms with E-state index in [0.29, 0.717) is 5.88 Å². The van der Waals surface area contributed by atoms with Gasteiger partial charge in [0.25, 0.3) is 0 Å². The summed E-state index contributed by atoms with van der Waals surface area (Å²) in [5, 5.41) is 8.63. The number of nitrogens with zero attached hydrogens (tertiary/aromatic N) is 2. The maximum absolute atomic E-state index is 5.85. The average molecular weight is 540 g/mol. The van der Waals surface area contributed by atoms with E-state index in [0.717, 1.165) is 28.2 Å². The fourth-order valence-electron chi connectivity index (χ4n) is 3.25. The van der Waals surface area contributed by atoms with E-state index in [1.165, 1.54) is 52.7 Å². The van der Waals surface area contributed by atoms with E-state index in [4.69, 9.17) is 4.74 Å². The summed E-state index contributed by atoms with van der Waals surface area (Å²) in [4.78, 5) is 0. The number of ether oxygens (including phenoxy) is 1. The Morgan fingerprint density at radius 3 is 2.27 bits per heavy atom. The van der Waals surface area contributed by atoms with Crippen LogP contribution in [0, 0.1) is 27.7 Å². The molecule has 3 rings (SSSR count). The quantitative estimate of drug-likeness (QED) is 0.588. The first-order valence-electron chi connectivity index (χ1n) is 7.22. The molecule has 1 aromatic carbocycles. The topological polar surface area (TPSA) is 36.2 Å². The van der Waals surface area contributed by atoms with Crippen LogP contribution in [-0.2, 0) is 64.9 Å². The molecule has 2 aromatic rings. The predicted molar refractivity (Wildman–Crippen MR) is 80.7 cm³/mol. The molecular weight excluding hydrogens is 521 g/mol.